The smallest absolute Gasteiger partial charge is 0.255 e. The zero-order valence-electron chi connectivity index (χ0n) is 20.6. The average Bonchev–Trinajstić information content (AvgIpc) is 3.37. The first-order chi connectivity index (χ1) is 17.3. The lowest BCUT2D eigenvalue weighted by atomic mass is 9.98. The van der Waals surface area contributed by atoms with Crippen molar-refractivity contribution in [2.24, 2.45) is 5.92 Å². The summed E-state index contributed by atoms with van der Waals surface area (Å²) in [5, 5.41) is 3.94. The number of carbonyl (C=O) groups excluding carboxylic acids is 1. The fourth-order valence-corrected chi connectivity index (χ4v) is 5.52. The van der Waals surface area contributed by atoms with E-state index in [1.165, 1.54) is 23.9 Å². The molecule has 1 amide bonds. The number of carbonyl (C=O) groups is 1. The minimum Gasteiger partial charge on any atom is -0.494 e. The van der Waals surface area contributed by atoms with Crippen LogP contribution in [-0.4, -0.2) is 55.3 Å². The molecule has 0 atom stereocenters. The Bertz CT molecular complexity index is 1300. The number of amides is 1. The maximum absolute atomic E-state index is 13.2. The number of aromatic nitrogens is 2. The van der Waals surface area contributed by atoms with Gasteiger partial charge in [-0.2, -0.15) is 4.98 Å². The number of hydrogen-bond acceptors (Lipinski definition) is 8. The number of nitrogens with zero attached hydrogens (tertiary/aromatic N) is 3. The molecule has 3 aromatic rings. The third-order valence-electron chi connectivity index (χ3n) is 6.09. The summed E-state index contributed by atoms with van der Waals surface area (Å²) in [6.45, 7) is 5.83. The van der Waals surface area contributed by atoms with Crippen LogP contribution in [-0.2, 0) is 16.6 Å². The molecule has 0 spiro atoms. The van der Waals surface area contributed by atoms with Gasteiger partial charge in [-0.05, 0) is 74.4 Å². The normalized spacial score (nSPS) is 14.7. The van der Waals surface area contributed by atoms with Crippen LogP contribution in [0.3, 0.4) is 0 Å². The van der Waals surface area contributed by atoms with Gasteiger partial charge in [0.05, 0.1) is 23.6 Å². The van der Waals surface area contributed by atoms with E-state index < -0.39 is 10.0 Å². The van der Waals surface area contributed by atoms with Crippen molar-refractivity contribution >= 4 is 27.7 Å². The van der Waals surface area contributed by atoms with Crippen LogP contribution in [0.2, 0.25) is 0 Å². The summed E-state index contributed by atoms with van der Waals surface area (Å²) in [7, 11) is -3.92. The summed E-state index contributed by atoms with van der Waals surface area (Å²) in [6, 6.07) is 11.8. The molecule has 1 fully saturated rings. The molecule has 11 heteroatoms. The van der Waals surface area contributed by atoms with Gasteiger partial charge in [0.2, 0.25) is 21.7 Å². The molecule has 0 bridgehead atoms. The van der Waals surface area contributed by atoms with Crippen molar-refractivity contribution in [3.63, 3.8) is 0 Å². The predicted molar refractivity (Wildman–Crippen MR) is 137 cm³/mol. The van der Waals surface area contributed by atoms with Crippen LogP contribution in [0.1, 0.15) is 42.9 Å². The minimum absolute atomic E-state index is 0.0141. The first-order valence-corrected chi connectivity index (χ1v) is 14.5. The van der Waals surface area contributed by atoms with Crippen LogP contribution in [0.4, 0.5) is 0 Å². The summed E-state index contributed by atoms with van der Waals surface area (Å²) >= 11 is 1.42. The highest BCUT2D eigenvalue weighted by molar-refractivity contribution is 7.98. The zero-order chi connectivity index (χ0) is 25.7. The standard InChI is InChI=1S/C25H30N4O5S2/c1-4-33-19-7-5-18(6-8-19)24-27-23(34-28-24)16-26-36(31,32)20-9-10-22(35-3)21(15-20)25(30)29-13-11-17(2)12-14-29/h5-10,15,17,26H,4,11-14,16H2,1-3H3. The van der Waals surface area contributed by atoms with E-state index >= 15 is 0 Å². The maximum atomic E-state index is 13.2. The molecule has 1 aliphatic rings. The molecule has 0 unspecified atom stereocenters. The number of hydrogen-bond donors (Lipinski definition) is 1. The molecule has 0 aliphatic carbocycles. The van der Waals surface area contributed by atoms with Crippen LogP contribution in [0.15, 0.2) is 56.8 Å². The summed E-state index contributed by atoms with van der Waals surface area (Å²) in [5.74, 6) is 1.66. The van der Waals surface area contributed by atoms with Crippen molar-refractivity contribution < 1.29 is 22.5 Å². The van der Waals surface area contributed by atoms with E-state index in [0.717, 1.165) is 29.1 Å². The Kier molecular flexibility index (Phi) is 8.32. The van der Waals surface area contributed by atoms with Gasteiger partial charge >= 0.3 is 0 Å². The lowest BCUT2D eigenvalue weighted by Gasteiger charge is -2.30. The zero-order valence-corrected chi connectivity index (χ0v) is 22.2. The third-order valence-corrected chi connectivity index (χ3v) is 8.28. The Labute approximate surface area is 215 Å². The SMILES string of the molecule is CCOc1ccc(-c2noc(CNS(=O)(=O)c3ccc(SC)c(C(=O)N4CCC(C)CC4)c3)n2)cc1. The Hall–Kier alpha value is -2.89. The van der Waals surface area contributed by atoms with Crippen LogP contribution < -0.4 is 9.46 Å². The van der Waals surface area contributed by atoms with Crippen LogP contribution in [0.5, 0.6) is 5.75 Å². The Morgan fingerprint density at radius 1 is 1.19 bits per heavy atom. The molecule has 1 saturated heterocycles. The molecule has 9 nitrogen and oxygen atoms in total. The molecule has 2 aromatic carbocycles. The van der Waals surface area contributed by atoms with Gasteiger partial charge in [0.15, 0.2) is 0 Å². The van der Waals surface area contributed by atoms with Gasteiger partial charge in [-0.15, -0.1) is 11.8 Å². The van der Waals surface area contributed by atoms with Crippen molar-refractivity contribution in [3.8, 4) is 17.1 Å². The first-order valence-electron chi connectivity index (χ1n) is 11.8. The van der Waals surface area contributed by atoms with Crippen molar-refractivity contribution in [3.05, 3.63) is 53.9 Å². The van der Waals surface area contributed by atoms with Gasteiger partial charge in [-0.25, -0.2) is 13.1 Å². The first kappa shape index (κ1) is 26.2. The molecule has 1 aromatic heterocycles. The number of piperidine rings is 1. The van der Waals surface area contributed by atoms with E-state index in [9.17, 15) is 13.2 Å². The van der Waals surface area contributed by atoms with Gasteiger partial charge in [0.1, 0.15) is 5.75 Å². The van der Waals surface area contributed by atoms with Crippen molar-refractivity contribution in [2.45, 2.75) is 43.0 Å². The molecule has 1 N–H and O–H groups in total. The van der Waals surface area contributed by atoms with Gasteiger partial charge in [-0.1, -0.05) is 12.1 Å². The molecule has 2 heterocycles. The lowest BCUT2D eigenvalue weighted by Crippen LogP contribution is -2.38. The van der Waals surface area contributed by atoms with Gasteiger partial charge < -0.3 is 14.2 Å². The number of rotatable bonds is 9. The molecular formula is C25H30N4O5S2. The van der Waals surface area contributed by atoms with Crippen molar-refractivity contribution in [1.29, 1.82) is 0 Å². The Morgan fingerprint density at radius 2 is 1.92 bits per heavy atom. The average molecular weight is 531 g/mol. The van der Waals surface area contributed by atoms with E-state index in [-0.39, 0.29) is 23.2 Å². The molecule has 4 rings (SSSR count). The second kappa shape index (κ2) is 11.4. The van der Waals surface area contributed by atoms with E-state index in [1.54, 1.807) is 35.2 Å². The third kappa shape index (κ3) is 6.08. The molecule has 0 radical (unpaired) electrons. The monoisotopic (exact) mass is 530 g/mol. The number of thioether (sulfide) groups is 1. The van der Waals surface area contributed by atoms with E-state index in [0.29, 0.717) is 37.0 Å². The van der Waals surface area contributed by atoms with Gasteiger partial charge in [0.25, 0.3) is 5.91 Å². The number of benzene rings is 2. The lowest BCUT2D eigenvalue weighted by molar-refractivity contribution is 0.0693. The Balaban J connectivity index is 1.46. The second-order valence-corrected chi connectivity index (χ2v) is 11.2. The van der Waals surface area contributed by atoms with Crippen LogP contribution in [0.25, 0.3) is 11.4 Å². The number of likely N-dealkylation sites (tertiary alicyclic amines) is 1. The maximum Gasteiger partial charge on any atom is 0.255 e. The molecule has 192 valence electrons. The highest BCUT2D eigenvalue weighted by atomic mass is 32.2. The molecule has 0 saturated carbocycles. The number of ether oxygens (including phenoxy) is 1. The quantitative estimate of drug-likeness (QED) is 0.409. The van der Waals surface area contributed by atoms with Gasteiger partial charge in [0, 0.05) is 23.5 Å². The van der Waals surface area contributed by atoms with Gasteiger partial charge in [-0.3, -0.25) is 4.79 Å². The van der Waals surface area contributed by atoms with E-state index in [2.05, 4.69) is 21.8 Å². The van der Waals surface area contributed by atoms with Crippen LogP contribution in [0, 0.1) is 5.92 Å². The highest BCUT2D eigenvalue weighted by Gasteiger charge is 2.25. The fraction of sp³-hybridized carbons (Fsp3) is 0.400. The number of sulfonamides is 1. The molecule has 36 heavy (non-hydrogen) atoms. The van der Waals surface area contributed by atoms with Crippen molar-refractivity contribution in [2.75, 3.05) is 26.0 Å². The van der Waals surface area contributed by atoms with Crippen LogP contribution >= 0.6 is 11.8 Å². The predicted octanol–water partition coefficient (Wildman–Crippen LogP) is 4.21. The Morgan fingerprint density at radius 3 is 2.58 bits per heavy atom. The van der Waals surface area contributed by atoms with Crippen molar-refractivity contribution in [1.82, 2.24) is 19.8 Å². The fourth-order valence-electron chi connectivity index (χ4n) is 3.95. The highest BCUT2D eigenvalue weighted by Crippen LogP contribution is 2.27. The van der Waals surface area contributed by atoms with E-state index in [1.807, 2.05) is 13.2 Å². The largest absolute Gasteiger partial charge is 0.494 e. The number of nitrogens with one attached hydrogen (secondary N) is 1. The summed E-state index contributed by atoms with van der Waals surface area (Å²) in [6.07, 6.45) is 3.76. The topological polar surface area (TPSA) is 115 Å². The molecular weight excluding hydrogens is 500 g/mol. The summed E-state index contributed by atoms with van der Waals surface area (Å²) in [4.78, 5) is 20.0. The summed E-state index contributed by atoms with van der Waals surface area (Å²) < 4.78 is 39.2. The molecule has 1 aliphatic heterocycles. The van der Waals surface area contributed by atoms with E-state index in [4.69, 9.17) is 9.26 Å². The minimum atomic E-state index is -3.92. The summed E-state index contributed by atoms with van der Waals surface area (Å²) in [5.41, 5.74) is 1.12. The second-order valence-electron chi connectivity index (χ2n) is 8.63.